The highest BCUT2D eigenvalue weighted by molar-refractivity contribution is 8.00. The van der Waals surface area contributed by atoms with Crippen molar-refractivity contribution < 1.29 is 19.8 Å². The first kappa shape index (κ1) is 15.0. The number of rotatable bonds is 2. The number of urea groups is 1. The summed E-state index contributed by atoms with van der Waals surface area (Å²) < 4.78 is 0. The van der Waals surface area contributed by atoms with Gasteiger partial charge in [-0.1, -0.05) is 6.92 Å². The van der Waals surface area contributed by atoms with Crippen molar-refractivity contribution >= 4 is 23.8 Å². The molecule has 4 unspecified atom stereocenters. The number of carbonyl (C=O) groups excluding carboxylic acids is 1. The summed E-state index contributed by atoms with van der Waals surface area (Å²) in [6, 6.07) is -0.945. The van der Waals surface area contributed by atoms with Crippen LogP contribution in [0.2, 0.25) is 0 Å². The Bertz CT molecular complexity index is 443. The van der Waals surface area contributed by atoms with Crippen molar-refractivity contribution in [3.05, 3.63) is 0 Å². The lowest BCUT2D eigenvalue weighted by molar-refractivity contribution is -0.141. The van der Waals surface area contributed by atoms with Crippen molar-refractivity contribution in [2.75, 3.05) is 18.8 Å². The van der Waals surface area contributed by atoms with Crippen molar-refractivity contribution in [3.8, 4) is 0 Å². The summed E-state index contributed by atoms with van der Waals surface area (Å²) in [6.07, 6.45) is 2.40. The van der Waals surface area contributed by atoms with E-state index in [1.807, 2.05) is 6.92 Å². The highest BCUT2D eigenvalue weighted by atomic mass is 32.2. The number of β-amino-alcohol motifs (C(OH)–C–C–N with tert-alkyl or cyclic N) is 1. The molecule has 6 nitrogen and oxygen atoms in total. The first-order valence-electron chi connectivity index (χ1n) is 7.58. The summed E-state index contributed by atoms with van der Waals surface area (Å²) >= 11 is 1.59. The van der Waals surface area contributed by atoms with E-state index in [9.17, 15) is 19.8 Å². The lowest BCUT2D eigenvalue weighted by Gasteiger charge is -2.38. The fraction of sp³-hybridized carbons (Fsp3) is 0.857. The van der Waals surface area contributed by atoms with Crippen LogP contribution in [0.15, 0.2) is 0 Å². The van der Waals surface area contributed by atoms with Gasteiger partial charge < -0.3 is 15.1 Å². The number of amides is 2. The van der Waals surface area contributed by atoms with Crippen LogP contribution in [-0.4, -0.2) is 68.4 Å². The molecule has 0 aromatic heterocycles. The molecule has 3 rings (SSSR count). The molecule has 0 bridgehead atoms. The van der Waals surface area contributed by atoms with Crippen molar-refractivity contribution in [2.45, 2.75) is 43.7 Å². The number of hydrogen-bond donors (Lipinski definition) is 2. The van der Waals surface area contributed by atoms with Crippen LogP contribution < -0.4 is 0 Å². The Morgan fingerprint density at radius 2 is 1.95 bits per heavy atom. The highest BCUT2D eigenvalue weighted by Gasteiger charge is 2.49. The largest absolute Gasteiger partial charge is 0.480 e. The number of piperidine rings is 1. The van der Waals surface area contributed by atoms with Crippen molar-refractivity contribution in [2.24, 2.45) is 11.8 Å². The van der Waals surface area contributed by atoms with Crippen LogP contribution in [0.5, 0.6) is 0 Å². The Labute approximate surface area is 128 Å². The number of carboxylic acids is 1. The molecule has 3 aliphatic rings. The van der Waals surface area contributed by atoms with Crippen molar-refractivity contribution in [1.29, 1.82) is 0 Å². The van der Waals surface area contributed by atoms with Crippen LogP contribution >= 0.6 is 11.8 Å². The monoisotopic (exact) mass is 314 g/mol. The van der Waals surface area contributed by atoms with Gasteiger partial charge in [0.15, 0.2) is 0 Å². The summed E-state index contributed by atoms with van der Waals surface area (Å²) in [5, 5.41) is 19.3. The van der Waals surface area contributed by atoms with Gasteiger partial charge in [0, 0.05) is 18.8 Å². The van der Waals surface area contributed by atoms with E-state index in [0.29, 0.717) is 24.8 Å². The second kappa shape index (κ2) is 5.68. The van der Waals surface area contributed by atoms with E-state index >= 15 is 0 Å². The highest BCUT2D eigenvalue weighted by Crippen LogP contribution is 2.45. The van der Waals surface area contributed by atoms with Gasteiger partial charge in [-0.3, -0.25) is 4.90 Å². The van der Waals surface area contributed by atoms with Gasteiger partial charge in [0.1, 0.15) is 6.04 Å². The van der Waals surface area contributed by atoms with Gasteiger partial charge in [0.05, 0.1) is 11.5 Å². The number of hydrogen-bond acceptors (Lipinski definition) is 4. The van der Waals surface area contributed by atoms with Gasteiger partial charge in [-0.25, -0.2) is 9.59 Å². The molecule has 2 amide bonds. The summed E-state index contributed by atoms with van der Waals surface area (Å²) in [4.78, 5) is 27.4. The SMILES string of the molecule is CC1CCN(C(=O)N2C(C(=O)O)CSC2C2CC2)CC1O. The molecule has 7 heteroatoms. The van der Waals surface area contributed by atoms with Crippen LogP contribution in [0.4, 0.5) is 4.79 Å². The van der Waals surface area contributed by atoms with E-state index in [-0.39, 0.29) is 17.3 Å². The molecular weight excluding hydrogens is 292 g/mol. The molecule has 1 saturated carbocycles. The fourth-order valence-electron chi connectivity index (χ4n) is 3.09. The molecule has 0 spiro atoms. The third-order valence-electron chi connectivity index (χ3n) is 4.76. The summed E-state index contributed by atoms with van der Waals surface area (Å²) in [6.45, 7) is 2.89. The molecule has 4 atom stereocenters. The van der Waals surface area contributed by atoms with E-state index in [4.69, 9.17) is 0 Å². The van der Waals surface area contributed by atoms with Gasteiger partial charge in [-0.05, 0) is 31.1 Å². The van der Waals surface area contributed by atoms with Crippen molar-refractivity contribution in [1.82, 2.24) is 9.80 Å². The zero-order valence-electron chi connectivity index (χ0n) is 12.1. The lowest BCUT2D eigenvalue weighted by Crippen LogP contribution is -2.56. The second-order valence-corrected chi connectivity index (χ2v) is 7.53. The van der Waals surface area contributed by atoms with Gasteiger partial charge in [0.2, 0.25) is 0 Å². The van der Waals surface area contributed by atoms with Crippen LogP contribution in [-0.2, 0) is 4.79 Å². The Kier molecular flexibility index (Phi) is 4.05. The van der Waals surface area contributed by atoms with E-state index in [0.717, 1.165) is 19.3 Å². The molecular formula is C14H22N2O4S. The predicted octanol–water partition coefficient (Wildman–Crippen LogP) is 1.05. The fourth-order valence-corrected chi connectivity index (χ4v) is 4.72. The molecule has 2 aliphatic heterocycles. The summed E-state index contributed by atoms with van der Waals surface area (Å²) in [5.41, 5.74) is 0. The minimum absolute atomic E-state index is 0.00454. The van der Waals surface area contributed by atoms with E-state index in [1.165, 1.54) is 0 Å². The molecule has 2 heterocycles. The van der Waals surface area contributed by atoms with Gasteiger partial charge in [-0.2, -0.15) is 0 Å². The van der Waals surface area contributed by atoms with Crippen LogP contribution in [0, 0.1) is 11.8 Å². The minimum atomic E-state index is -0.926. The maximum Gasteiger partial charge on any atom is 0.327 e. The van der Waals surface area contributed by atoms with Gasteiger partial charge >= 0.3 is 12.0 Å². The van der Waals surface area contributed by atoms with E-state index in [2.05, 4.69) is 0 Å². The number of aliphatic hydroxyl groups excluding tert-OH is 1. The summed E-state index contributed by atoms with van der Waals surface area (Å²) in [5.74, 6) is 0.174. The van der Waals surface area contributed by atoms with E-state index in [1.54, 1.807) is 21.6 Å². The Hall–Kier alpha value is -0.950. The zero-order valence-corrected chi connectivity index (χ0v) is 13.0. The number of carboxylic acid groups (broad SMARTS) is 1. The van der Waals surface area contributed by atoms with Crippen LogP contribution in [0.25, 0.3) is 0 Å². The first-order chi connectivity index (χ1) is 9.99. The molecule has 118 valence electrons. The van der Waals surface area contributed by atoms with E-state index < -0.39 is 18.1 Å². The maximum absolute atomic E-state index is 12.8. The number of nitrogens with zero attached hydrogens (tertiary/aromatic N) is 2. The molecule has 2 saturated heterocycles. The first-order valence-corrected chi connectivity index (χ1v) is 8.63. The van der Waals surface area contributed by atoms with Crippen LogP contribution in [0.1, 0.15) is 26.2 Å². The lowest BCUT2D eigenvalue weighted by atomic mass is 9.96. The number of thioether (sulfide) groups is 1. The van der Waals surface area contributed by atoms with Crippen LogP contribution in [0.3, 0.4) is 0 Å². The Balaban J connectivity index is 1.75. The summed E-state index contributed by atoms with van der Waals surface area (Å²) in [7, 11) is 0. The molecule has 2 N–H and O–H groups in total. The third kappa shape index (κ3) is 2.85. The normalized spacial score (nSPS) is 36.9. The number of aliphatic carboxylic acids is 1. The predicted molar refractivity (Wildman–Crippen MR) is 79.0 cm³/mol. The quantitative estimate of drug-likeness (QED) is 0.796. The average Bonchev–Trinajstić information content (AvgIpc) is 3.19. The molecule has 0 aromatic rings. The number of carbonyl (C=O) groups is 2. The number of likely N-dealkylation sites (tertiary alicyclic amines) is 1. The molecule has 3 fully saturated rings. The smallest absolute Gasteiger partial charge is 0.327 e. The molecule has 21 heavy (non-hydrogen) atoms. The standard InChI is InChI=1S/C14H22N2O4S/c1-8-4-5-15(6-11(8)17)14(20)16-10(13(18)19)7-21-12(16)9-2-3-9/h8-12,17H,2-7H2,1H3,(H,18,19). The second-order valence-electron chi connectivity index (χ2n) is 6.38. The third-order valence-corrected chi connectivity index (χ3v) is 6.22. The molecule has 0 aromatic carbocycles. The topological polar surface area (TPSA) is 81.1 Å². The van der Waals surface area contributed by atoms with Crippen molar-refractivity contribution in [3.63, 3.8) is 0 Å². The zero-order chi connectivity index (χ0) is 15.1. The Morgan fingerprint density at radius 3 is 2.52 bits per heavy atom. The minimum Gasteiger partial charge on any atom is -0.480 e. The average molecular weight is 314 g/mol. The Morgan fingerprint density at radius 1 is 1.24 bits per heavy atom. The molecule has 0 radical (unpaired) electrons. The molecule has 1 aliphatic carbocycles. The number of aliphatic hydroxyl groups is 1. The maximum atomic E-state index is 12.8. The van der Waals surface area contributed by atoms with Gasteiger partial charge in [0.25, 0.3) is 0 Å². The van der Waals surface area contributed by atoms with Gasteiger partial charge in [-0.15, -0.1) is 11.8 Å².